The van der Waals surface area contributed by atoms with Crippen LogP contribution in [0.3, 0.4) is 0 Å². The summed E-state index contributed by atoms with van der Waals surface area (Å²) in [5, 5.41) is 21.0. The zero-order valence-electron chi connectivity index (χ0n) is 33.5. The van der Waals surface area contributed by atoms with E-state index in [-0.39, 0.29) is 34.5 Å². The molecule has 4 aromatic rings. The predicted molar refractivity (Wildman–Crippen MR) is 229 cm³/mol. The quantitative estimate of drug-likeness (QED) is 0.162. The second kappa shape index (κ2) is 18.2. The number of halogens is 2. The van der Waals surface area contributed by atoms with Crippen LogP contribution < -0.4 is 5.32 Å². The first-order valence-corrected chi connectivity index (χ1v) is 21.8. The number of carbonyl (C=O) groups is 2. The van der Waals surface area contributed by atoms with Crippen LogP contribution in [0.5, 0.6) is 0 Å². The number of nitrogens with zero attached hydrogens (tertiary/aromatic N) is 4. The lowest BCUT2D eigenvalue weighted by Crippen LogP contribution is -2.15. The zero-order valence-corrected chi connectivity index (χ0v) is 37.5. The molecule has 14 heteroatoms. The van der Waals surface area contributed by atoms with Crippen LogP contribution in [0, 0.1) is 62.2 Å². The summed E-state index contributed by atoms with van der Waals surface area (Å²) in [5.74, 6) is 1.28. The molecule has 0 spiro atoms. The van der Waals surface area contributed by atoms with Crippen molar-refractivity contribution in [3.63, 3.8) is 0 Å². The highest BCUT2D eigenvalue weighted by molar-refractivity contribution is 9.10. The molecule has 300 valence electrons. The Hall–Kier alpha value is -5.15. The number of sulfone groups is 1. The number of pyridine rings is 2. The second-order valence-corrected chi connectivity index (χ2v) is 18.1. The number of aryl methyl sites for hydroxylation is 4. The lowest BCUT2D eigenvalue weighted by Gasteiger charge is -2.14. The van der Waals surface area contributed by atoms with Crippen molar-refractivity contribution in [2.75, 3.05) is 32.8 Å². The number of carbonyl (C=O) groups excluding carboxylic acids is 2. The van der Waals surface area contributed by atoms with Crippen LogP contribution in [0.4, 0.5) is 5.82 Å². The number of nitrogens with one attached hydrogen (secondary N) is 1. The van der Waals surface area contributed by atoms with Gasteiger partial charge in [-0.1, -0.05) is 31.9 Å². The molecule has 0 amide bonds. The van der Waals surface area contributed by atoms with Crippen LogP contribution in [-0.2, 0) is 41.7 Å². The van der Waals surface area contributed by atoms with E-state index in [1.807, 2.05) is 64.1 Å². The summed E-state index contributed by atoms with van der Waals surface area (Å²) >= 11 is 7.00. The second-order valence-electron chi connectivity index (χ2n) is 14.4. The summed E-state index contributed by atoms with van der Waals surface area (Å²) in [7, 11) is 1.24. The number of benzene rings is 2. The molecule has 2 aliphatic carbocycles. The molecule has 11 nitrogen and oxygen atoms in total. The number of ether oxygens (including phenoxy) is 2. The van der Waals surface area contributed by atoms with Gasteiger partial charge in [0.05, 0.1) is 36.5 Å². The number of nitriles is 2. The van der Waals surface area contributed by atoms with E-state index in [9.17, 15) is 18.0 Å². The SMILES string of the molecule is CNc1nc(CC2CC(OC)=C(c3c(C)cc(Br)cc3C)C2=O)ccc1C#N.COC1=C(c2c(C)cc(Br)cc2C)C(=O)C(Cc2ccc(C#N)c(S(C)(=O)=O)n2)C1. The van der Waals surface area contributed by atoms with Crippen LogP contribution in [0.25, 0.3) is 11.1 Å². The van der Waals surface area contributed by atoms with Gasteiger partial charge in [-0.25, -0.2) is 18.4 Å². The lowest BCUT2D eigenvalue weighted by atomic mass is 9.91. The van der Waals surface area contributed by atoms with Gasteiger partial charge in [0.15, 0.2) is 26.4 Å². The highest BCUT2D eigenvalue weighted by atomic mass is 79.9. The van der Waals surface area contributed by atoms with Crippen LogP contribution in [0.15, 0.2) is 74.0 Å². The van der Waals surface area contributed by atoms with Gasteiger partial charge in [-0.3, -0.25) is 9.59 Å². The molecule has 0 bridgehead atoms. The Bertz CT molecular complexity index is 2560. The highest BCUT2D eigenvalue weighted by Crippen LogP contribution is 2.41. The number of methoxy groups -OCH3 is 2. The van der Waals surface area contributed by atoms with E-state index in [0.29, 0.717) is 53.2 Å². The maximum absolute atomic E-state index is 13.3. The zero-order chi connectivity index (χ0) is 42.6. The molecule has 58 heavy (non-hydrogen) atoms. The van der Waals surface area contributed by atoms with Gasteiger partial charge >= 0.3 is 0 Å². The lowest BCUT2D eigenvalue weighted by molar-refractivity contribution is -0.117. The van der Waals surface area contributed by atoms with E-state index in [1.54, 1.807) is 33.4 Å². The van der Waals surface area contributed by atoms with Crippen molar-refractivity contribution >= 4 is 70.2 Å². The minimum Gasteiger partial charge on any atom is -0.500 e. The van der Waals surface area contributed by atoms with E-state index in [4.69, 9.17) is 20.0 Å². The van der Waals surface area contributed by atoms with Crippen molar-refractivity contribution in [2.24, 2.45) is 11.8 Å². The first-order valence-electron chi connectivity index (χ1n) is 18.3. The number of ketones is 2. The van der Waals surface area contributed by atoms with Crippen molar-refractivity contribution in [1.29, 1.82) is 10.5 Å². The normalized spacial score (nSPS) is 16.5. The van der Waals surface area contributed by atoms with Gasteiger partial charge in [-0.2, -0.15) is 10.5 Å². The van der Waals surface area contributed by atoms with E-state index in [2.05, 4.69) is 53.2 Å². The molecule has 6 rings (SSSR count). The highest BCUT2D eigenvalue weighted by Gasteiger charge is 2.38. The molecule has 0 saturated carbocycles. The third-order valence-electron chi connectivity index (χ3n) is 10.3. The van der Waals surface area contributed by atoms with Crippen LogP contribution >= 0.6 is 31.9 Å². The van der Waals surface area contributed by atoms with Gasteiger partial charge in [-0.05, 0) is 110 Å². The fourth-order valence-corrected chi connectivity index (χ4v) is 9.88. The summed E-state index contributed by atoms with van der Waals surface area (Å²) in [4.78, 5) is 35.3. The Balaban J connectivity index is 0.000000221. The summed E-state index contributed by atoms with van der Waals surface area (Å²) < 4.78 is 37.1. The largest absolute Gasteiger partial charge is 0.500 e. The van der Waals surface area contributed by atoms with Crippen molar-refractivity contribution in [1.82, 2.24) is 9.97 Å². The molecule has 1 N–H and O–H groups in total. The van der Waals surface area contributed by atoms with E-state index in [0.717, 1.165) is 60.0 Å². The van der Waals surface area contributed by atoms with Gasteiger partial charge in [0.2, 0.25) is 0 Å². The van der Waals surface area contributed by atoms with E-state index < -0.39 is 15.8 Å². The van der Waals surface area contributed by atoms with Gasteiger partial charge in [0.1, 0.15) is 29.5 Å². The number of Topliss-reactive ketones (excluding diaryl/α,β-unsaturated/α-hetero) is 2. The maximum atomic E-state index is 13.3. The Morgan fingerprint density at radius 1 is 0.724 bits per heavy atom. The molecule has 0 aliphatic heterocycles. The van der Waals surface area contributed by atoms with Gasteiger partial charge < -0.3 is 14.8 Å². The van der Waals surface area contributed by atoms with Gasteiger partial charge in [0.25, 0.3) is 0 Å². The van der Waals surface area contributed by atoms with Crippen molar-refractivity contribution in [2.45, 2.75) is 58.4 Å². The third-order valence-corrected chi connectivity index (χ3v) is 12.2. The first-order chi connectivity index (χ1) is 27.4. The Kier molecular flexibility index (Phi) is 13.8. The minimum absolute atomic E-state index is 0.00324. The first kappa shape index (κ1) is 44.0. The molecule has 2 aliphatic rings. The minimum atomic E-state index is -3.66. The predicted octanol–water partition coefficient (Wildman–Crippen LogP) is 8.49. The molecule has 2 unspecified atom stereocenters. The molecule has 0 fully saturated rings. The van der Waals surface area contributed by atoms with Crippen molar-refractivity contribution < 1.29 is 27.5 Å². The summed E-state index contributed by atoms with van der Waals surface area (Å²) in [6, 6.07) is 18.5. The summed E-state index contributed by atoms with van der Waals surface area (Å²) in [6.07, 6.45) is 2.75. The van der Waals surface area contributed by atoms with Crippen molar-refractivity contribution in [3.05, 3.63) is 125 Å². The maximum Gasteiger partial charge on any atom is 0.194 e. The number of rotatable bonds is 10. The molecule has 2 aromatic heterocycles. The van der Waals surface area contributed by atoms with E-state index in [1.165, 1.54) is 6.07 Å². The fourth-order valence-electron chi connectivity index (χ4n) is 7.72. The number of hydrogen-bond donors (Lipinski definition) is 1. The van der Waals surface area contributed by atoms with E-state index >= 15 is 0 Å². The Morgan fingerprint density at radius 3 is 1.48 bits per heavy atom. The Labute approximate surface area is 356 Å². The summed E-state index contributed by atoms with van der Waals surface area (Å²) in [5.41, 5.74) is 8.81. The molecular formula is C44H43Br2N5O6S. The third kappa shape index (κ3) is 9.25. The van der Waals surface area contributed by atoms with Gasteiger partial charge in [-0.15, -0.1) is 0 Å². The van der Waals surface area contributed by atoms with Crippen LogP contribution in [-0.4, -0.2) is 57.5 Å². The monoisotopic (exact) mass is 927 g/mol. The average molecular weight is 930 g/mol. The smallest absolute Gasteiger partial charge is 0.194 e. The number of allylic oxidation sites excluding steroid dienone is 4. The summed E-state index contributed by atoms with van der Waals surface area (Å²) in [6.45, 7) is 7.92. The molecular weight excluding hydrogens is 886 g/mol. The molecule has 2 aromatic carbocycles. The molecule has 0 radical (unpaired) electrons. The number of anilines is 1. The van der Waals surface area contributed by atoms with Crippen LogP contribution in [0.2, 0.25) is 0 Å². The molecule has 0 saturated heterocycles. The molecule has 2 heterocycles. The Morgan fingerprint density at radius 2 is 1.12 bits per heavy atom. The standard InChI is InChI=1S/C22H22BrN3O2.C22H21BrN2O4S/c1-12-7-16(23)8-13(2)19(12)20-18(28-4)10-15(21(20)27)9-17-6-5-14(11-24)22(25-3)26-17;1-12-7-16(23)8-13(2)19(12)20-18(29-3)10-15(21(20)26)9-17-6-5-14(11-24)22(25-17)30(4,27)28/h5-8,15H,9-10H2,1-4H3,(H,25,26);5-8,15H,9-10H2,1-4H3. The van der Waals surface area contributed by atoms with Gasteiger partial charge in [0, 0.05) is 71.2 Å². The average Bonchev–Trinajstić information content (AvgIpc) is 3.64. The number of hydrogen-bond acceptors (Lipinski definition) is 11. The fraction of sp³-hybridized carbons (Fsp3) is 0.318. The van der Waals surface area contributed by atoms with Crippen LogP contribution in [0.1, 0.15) is 68.7 Å². The van der Waals surface area contributed by atoms with Crippen molar-refractivity contribution in [3.8, 4) is 12.1 Å². The molecule has 2 atom stereocenters. The number of aromatic nitrogens is 2. The topological polar surface area (TPSA) is 172 Å².